The molecule has 40 heavy (non-hydrogen) atoms. The zero-order valence-electron chi connectivity index (χ0n) is 24.9. The first-order valence-corrected chi connectivity index (χ1v) is 15.1. The summed E-state index contributed by atoms with van der Waals surface area (Å²) >= 11 is 0. The highest BCUT2D eigenvalue weighted by Gasteiger charge is 2.19. The number of unbranched alkanes of at least 4 members (excludes halogenated alkanes) is 2. The van der Waals surface area contributed by atoms with Gasteiger partial charge in [0.2, 0.25) is 5.91 Å². The van der Waals surface area contributed by atoms with Gasteiger partial charge in [-0.15, -0.1) is 0 Å². The van der Waals surface area contributed by atoms with Crippen LogP contribution in [0.25, 0.3) is 0 Å². The Bertz CT molecular complexity index is 814. The first kappa shape index (κ1) is 37.1. The van der Waals surface area contributed by atoms with E-state index in [1.54, 1.807) is 0 Å². The number of nitrogens with two attached hydrogens (primary N) is 1. The third-order valence-corrected chi connectivity index (χ3v) is 6.11. The molecule has 0 rings (SSSR count). The molecule has 0 saturated carbocycles. The van der Waals surface area contributed by atoms with E-state index in [4.69, 9.17) is 10.5 Å². The number of nitrogens with one attached hydrogen (secondary N) is 1. The van der Waals surface area contributed by atoms with Crippen molar-refractivity contribution in [1.29, 1.82) is 0 Å². The van der Waals surface area contributed by atoms with E-state index in [0.29, 0.717) is 25.8 Å². The van der Waals surface area contributed by atoms with E-state index in [1.807, 2.05) is 12.2 Å². The molecule has 2 atom stereocenters. The molecule has 7 heteroatoms. The van der Waals surface area contributed by atoms with Crippen LogP contribution in [0.5, 0.6) is 0 Å². The van der Waals surface area contributed by atoms with Crippen LogP contribution in [0.15, 0.2) is 60.8 Å². The fraction of sp³-hybridized carbons (Fsp3) is 0.606. The van der Waals surface area contributed by atoms with Gasteiger partial charge in [0.05, 0.1) is 6.42 Å². The Morgan fingerprint density at radius 2 is 1.32 bits per heavy atom. The van der Waals surface area contributed by atoms with Crippen LogP contribution < -0.4 is 11.1 Å². The van der Waals surface area contributed by atoms with Crippen molar-refractivity contribution in [3.63, 3.8) is 0 Å². The second-order valence-electron chi connectivity index (χ2n) is 9.80. The fourth-order valence-corrected chi connectivity index (χ4v) is 3.93. The molecule has 226 valence electrons. The van der Waals surface area contributed by atoms with Gasteiger partial charge < -0.3 is 20.9 Å². The Balaban J connectivity index is 4.07. The number of esters is 1. The lowest BCUT2D eigenvalue weighted by Crippen LogP contribution is -2.40. The number of hydrogen-bond donors (Lipinski definition) is 3. The monoisotopic (exact) mass is 558 g/mol. The number of carbonyl (C=O) groups is 3. The Morgan fingerprint density at radius 1 is 0.750 bits per heavy atom. The molecular formula is C33H54N2O5. The summed E-state index contributed by atoms with van der Waals surface area (Å²) in [4.78, 5) is 35.5. The number of ether oxygens (including phenoxy) is 1. The highest BCUT2D eigenvalue weighted by molar-refractivity contribution is 5.83. The molecule has 1 amide bonds. The van der Waals surface area contributed by atoms with Gasteiger partial charge in [-0.25, -0.2) is 4.79 Å². The molecule has 0 aromatic heterocycles. The maximum Gasteiger partial charge on any atom is 0.326 e. The van der Waals surface area contributed by atoms with Gasteiger partial charge in [0, 0.05) is 6.42 Å². The molecular weight excluding hydrogens is 504 g/mol. The molecule has 0 aliphatic heterocycles. The summed E-state index contributed by atoms with van der Waals surface area (Å²) in [6.07, 6.45) is 32.0. The molecule has 2 unspecified atom stereocenters. The average molecular weight is 559 g/mol. The minimum Gasteiger partial charge on any atom is -0.480 e. The van der Waals surface area contributed by atoms with Gasteiger partial charge in [-0.1, -0.05) is 87.4 Å². The van der Waals surface area contributed by atoms with Crippen LogP contribution in [0.1, 0.15) is 110 Å². The Labute approximate surface area is 242 Å². The van der Waals surface area contributed by atoms with Crippen molar-refractivity contribution in [1.82, 2.24) is 5.32 Å². The molecule has 0 spiro atoms. The summed E-state index contributed by atoms with van der Waals surface area (Å²) < 4.78 is 5.67. The summed E-state index contributed by atoms with van der Waals surface area (Å²) in [6.45, 7) is 4.60. The minimum atomic E-state index is -1.03. The summed E-state index contributed by atoms with van der Waals surface area (Å²) in [5.74, 6) is -1.50. The van der Waals surface area contributed by atoms with Gasteiger partial charge in [-0.3, -0.25) is 9.59 Å². The molecule has 0 aliphatic rings. The summed E-state index contributed by atoms with van der Waals surface area (Å²) in [5.41, 5.74) is 5.43. The number of allylic oxidation sites excluding steroid dienone is 9. The molecule has 0 bridgehead atoms. The van der Waals surface area contributed by atoms with Crippen LogP contribution in [0.4, 0.5) is 0 Å². The van der Waals surface area contributed by atoms with Crippen molar-refractivity contribution >= 4 is 17.8 Å². The molecule has 0 aromatic carbocycles. The molecule has 0 aliphatic carbocycles. The normalized spacial score (nSPS) is 13.7. The average Bonchev–Trinajstić information content (AvgIpc) is 2.92. The fourth-order valence-electron chi connectivity index (χ4n) is 3.93. The Kier molecular flexibility index (Phi) is 25.6. The van der Waals surface area contributed by atoms with E-state index >= 15 is 0 Å². The number of hydrogen-bond acceptors (Lipinski definition) is 5. The van der Waals surface area contributed by atoms with Crippen LogP contribution >= 0.6 is 0 Å². The predicted molar refractivity (Wildman–Crippen MR) is 165 cm³/mol. The summed E-state index contributed by atoms with van der Waals surface area (Å²) in [7, 11) is 0. The third-order valence-electron chi connectivity index (χ3n) is 6.11. The second-order valence-corrected chi connectivity index (χ2v) is 9.80. The highest BCUT2D eigenvalue weighted by atomic mass is 16.5. The van der Waals surface area contributed by atoms with Gasteiger partial charge in [0.25, 0.3) is 0 Å². The van der Waals surface area contributed by atoms with E-state index in [-0.39, 0.29) is 30.8 Å². The van der Waals surface area contributed by atoms with Crippen LogP contribution in [-0.4, -0.2) is 41.6 Å². The summed E-state index contributed by atoms with van der Waals surface area (Å²) in [5, 5.41) is 11.8. The largest absolute Gasteiger partial charge is 0.480 e. The molecule has 0 fully saturated rings. The number of amides is 1. The molecule has 7 nitrogen and oxygen atoms in total. The maximum absolute atomic E-state index is 12.3. The zero-order valence-corrected chi connectivity index (χ0v) is 24.9. The van der Waals surface area contributed by atoms with E-state index in [9.17, 15) is 19.5 Å². The first-order chi connectivity index (χ1) is 19.4. The van der Waals surface area contributed by atoms with E-state index < -0.39 is 12.0 Å². The zero-order chi connectivity index (χ0) is 29.7. The third kappa shape index (κ3) is 24.1. The van der Waals surface area contributed by atoms with Crippen LogP contribution in [-0.2, 0) is 19.1 Å². The molecule has 0 saturated heterocycles. The molecule has 0 aromatic rings. The van der Waals surface area contributed by atoms with Crippen molar-refractivity contribution in [3.05, 3.63) is 60.8 Å². The number of carbonyl (C=O) groups excluding carboxylic acids is 2. The quantitative estimate of drug-likeness (QED) is 0.0625. The highest BCUT2D eigenvalue weighted by Crippen LogP contribution is 2.14. The van der Waals surface area contributed by atoms with Crippen molar-refractivity contribution in [2.45, 2.75) is 122 Å². The topological polar surface area (TPSA) is 119 Å². The van der Waals surface area contributed by atoms with Gasteiger partial charge in [-0.2, -0.15) is 0 Å². The minimum absolute atomic E-state index is 0.110. The van der Waals surface area contributed by atoms with Crippen molar-refractivity contribution in [2.24, 2.45) is 5.73 Å². The lowest BCUT2D eigenvalue weighted by molar-refractivity contribution is -0.148. The van der Waals surface area contributed by atoms with Gasteiger partial charge in [-0.05, 0) is 77.2 Å². The number of aliphatic carboxylic acids is 1. The van der Waals surface area contributed by atoms with E-state index in [0.717, 1.165) is 64.2 Å². The second kappa shape index (κ2) is 27.6. The van der Waals surface area contributed by atoms with Gasteiger partial charge in [0.15, 0.2) is 0 Å². The lowest BCUT2D eigenvalue weighted by Gasteiger charge is -2.17. The smallest absolute Gasteiger partial charge is 0.326 e. The van der Waals surface area contributed by atoms with E-state index in [1.165, 1.54) is 0 Å². The predicted octanol–water partition coefficient (Wildman–Crippen LogP) is 7.10. The molecule has 0 heterocycles. The van der Waals surface area contributed by atoms with Crippen LogP contribution in [0.2, 0.25) is 0 Å². The van der Waals surface area contributed by atoms with Crippen molar-refractivity contribution < 1.29 is 24.2 Å². The molecule has 0 radical (unpaired) electrons. The SMILES string of the molecule is CC/C=C\C/C=C\C/C=C\C/C=C\C/C=C\CC(=O)OC(CCC)CCCCCC(=O)NC(CCCN)C(=O)O. The Morgan fingerprint density at radius 3 is 1.85 bits per heavy atom. The Hall–Kier alpha value is -2.93. The summed E-state index contributed by atoms with van der Waals surface area (Å²) in [6, 6.07) is -0.882. The van der Waals surface area contributed by atoms with Crippen molar-refractivity contribution in [3.8, 4) is 0 Å². The number of rotatable bonds is 25. The lowest BCUT2D eigenvalue weighted by atomic mass is 10.0. The van der Waals surface area contributed by atoms with Gasteiger partial charge >= 0.3 is 11.9 Å². The number of carboxylic acid groups (broad SMARTS) is 1. The van der Waals surface area contributed by atoms with E-state index in [2.05, 4.69) is 67.8 Å². The maximum atomic E-state index is 12.3. The van der Waals surface area contributed by atoms with Crippen molar-refractivity contribution in [2.75, 3.05) is 6.54 Å². The standard InChI is InChI=1S/C33H54N2O5/c1-3-5-6-7-8-9-10-11-12-13-14-15-16-17-21-27-32(37)40-29(23-4-2)24-19-18-20-26-31(36)35-30(33(38)39)25-22-28-34/h5-6,8-9,11-12,14-15,17,21,29-30H,3-4,7,10,13,16,18-20,22-28,34H2,1-2H3,(H,35,36)(H,38,39)/b6-5-,9-8-,12-11-,15-14-,21-17-. The molecule has 4 N–H and O–H groups in total. The number of carboxylic acids is 1. The van der Waals surface area contributed by atoms with Crippen LogP contribution in [0.3, 0.4) is 0 Å². The first-order valence-electron chi connectivity index (χ1n) is 15.1. The van der Waals surface area contributed by atoms with Crippen LogP contribution in [0, 0.1) is 0 Å². The van der Waals surface area contributed by atoms with Gasteiger partial charge in [0.1, 0.15) is 12.1 Å².